The average Bonchev–Trinajstić information content (AvgIpc) is 2.47. The van der Waals surface area contributed by atoms with Crippen LogP contribution in [0.3, 0.4) is 0 Å². The van der Waals surface area contributed by atoms with E-state index >= 15 is 0 Å². The molecule has 1 heterocycles. The van der Waals surface area contributed by atoms with E-state index in [1.165, 1.54) is 0 Å². The predicted molar refractivity (Wildman–Crippen MR) is 46.1 cm³/mol. The van der Waals surface area contributed by atoms with Gasteiger partial charge < -0.3 is 11.1 Å². The van der Waals surface area contributed by atoms with Crippen LogP contribution in [0.4, 0.5) is 0 Å². The molecule has 2 aliphatic rings. The molecule has 1 amide bonds. The highest BCUT2D eigenvalue weighted by Crippen LogP contribution is 2.26. The lowest BCUT2D eigenvalue weighted by Crippen LogP contribution is -2.24. The minimum Gasteiger partial charge on any atom is -0.381 e. The fourth-order valence-electron chi connectivity index (χ4n) is 1.54. The molecule has 0 atom stereocenters. The Hall–Kier alpha value is -1.51. The van der Waals surface area contributed by atoms with Crippen LogP contribution in [0.5, 0.6) is 0 Å². The lowest BCUT2D eigenvalue weighted by Gasteiger charge is -2.12. The van der Waals surface area contributed by atoms with E-state index in [0.29, 0.717) is 5.57 Å². The number of carbonyl (C=O) groups excluding carboxylic acids is 1. The van der Waals surface area contributed by atoms with Gasteiger partial charge in [0.05, 0.1) is 11.3 Å². The molecule has 0 unspecified atom stereocenters. The summed E-state index contributed by atoms with van der Waals surface area (Å²) in [4.78, 5) is 10.9. The molecule has 62 valence electrons. The average molecular weight is 162 g/mol. The first-order valence-corrected chi connectivity index (χ1v) is 3.93. The van der Waals surface area contributed by atoms with Crippen molar-refractivity contribution >= 4 is 5.91 Å². The van der Waals surface area contributed by atoms with Crippen LogP contribution in [0.2, 0.25) is 0 Å². The molecule has 0 aromatic carbocycles. The van der Waals surface area contributed by atoms with E-state index in [1.54, 1.807) is 0 Å². The maximum atomic E-state index is 10.9. The highest BCUT2D eigenvalue weighted by Gasteiger charge is 2.20. The molecule has 0 spiro atoms. The van der Waals surface area contributed by atoms with Crippen molar-refractivity contribution in [1.82, 2.24) is 5.32 Å². The quantitative estimate of drug-likeness (QED) is 0.579. The third-order valence-electron chi connectivity index (χ3n) is 2.10. The van der Waals surface area contributed by atoms with Crippen LogP contribution in [0.1, 0.15) is 6.42 Å². The lowest BCUT2D eigenvalue weighted by atomic mass is 10.1. The Labute approximate surface area is 70.6 Å². The van der Waals surface area contributed by atoms with E-state index in [2.05, 4.69) is 5.32 Å². The Balaban J connectivity index is 2.36. The number of nitrogens with two attached hydrogens (primary N) is 1. The number of rotatable bonds is 1. The van der Waals surface area contributed by atoms with Gasteiger partial charge in [0.1, 0.15) is 0 Å². The molecule has 12 heavy (non-hydrogen) atoms. The van der Waals surface area contributed by atoms with Crippen molar-refractivity contribution < 1.29 is 4.79 Å². The Morgan fingerprint density at radius 3 is 3.17 bits per heavy atom. The van der Waals surface area contributed by atoms with E-state index < -0.39 is 0 Å². The van der Waals surface area contributed by atoms with Crippen LogP contribution in [-0.4, -0.2) is 12.5 Å². The minimum atomic E-state index is -0.345. The van der Waals surface area contributed by atoms with Crippen molar-refractivity contribution in [3.8, 4) is 0 Å². The first kappa shape index (κ1) is 7.16. The molecule has 3 nitrogen and oxygen atoms in total. The summed E-state index contributed by atoms with van der Waals surface area (Å²) < 4.78 is 0. The Morgan fingerprint density at radius 1 is 1.58 bits per heavy atom. The number of nitrogens with one attached hydrogen (secondary N) is 1. The van der Waals surface area contributed by atoms with Gasteiger partial charge in [-0.2, -0.15) is 0 Å². The summed E-state index contributed by atoms with van der Waals surface area (Å²) in [5, 5.41) is 3.14. The second-order valence-corrected chi connectivity index (χ2v) is 2.87. The summed E-state index contributed by atoms with van der Waals surface area (Å²) in [5.74, 6) is -0.345. The Kier molecular flexibility index (Phi) is 1.50. The van der Waals surface area contributed by atoms with Crippen molar-refractivity contribution in [2.45, 2.75) is 6.42 Å². The van der Waals surface area contributed by atoms with Gasteiger partial charge in [0.25, 0.3) is 0 Å². The van der Waals surface area contributed by atoms with Gasteiger partial charge in [-0.05, 0) is 12.0 Å². The van der Waals surface area contributed by atoms with Crippen molar-refractivity contribution in [3.05, 3.63) is 35.1 Å². The normalized spacial score (nSPS) is 20.2. The lowest BCUT2D eigenvalue weighted by molar-refractivity contribution is -0.114. The summed E-state index contributed by atoms with van der Waals surface area (Å²) in [7, 11) is 0. The largest absolute Gasteiger partial charge is 0.381 e. The molecule has 0 aromatic heterocycles. The number of hydrogen-bond acceptors (Lipinski definition) is 2. The van der Waals surface area contributed by atoms with Crippen molar-refractivity contribution in [2.24, 2.45) is 5.73 Å². The molecule has 0 radical (unpaired) electrons. The SMILES string of the molecule is NC(=O)C1=CCC2=C1NCC=C2. The number of amides is 1. The monoisotopic (exact) mass is 162 g/mol. The van der Waals surface area contributed by atoms with E-state index in [1.807, 2.05) is 18.2 Å². The van der Waals surface area contributed by atoms with Gasteiger partial charge in [0.2, 0.25) is 5.91 Å². The summed E-state index contributed by atoms with van der Waals surface area (Å²) in [5.41, 5.74) is 7.92. The van der Waals surface area contributed by atoms with Gasteiger partial charge in [-0.3, -0.25) is 4.79 Å². The van der Waals surface area contributed by atoms with E-state index in [9.17, 15) is 4.79 Å². The number of carbonyl (C=O) groups is 1. The van der Waals surface area contributed by atoms with Crippen molar-refractivity contribution in [2.75, 3.05) is 6.54 Å². The van der Waals surface area contributed by atoms with Crippen LogP contribution < -0.4 is 11.1 Å². The maximum Gasteiger partial charge on any atom is 0.250 e. The van der Waals surface area contributed by atoms with Crippen LogP contribution in [0, 0.1) is 0 Å². The van der Waals surface area contributed by atoms with Gasteiger partial charge in [0, 0.05) is 6.54 Å². The van der Waals surface area contributed by atoms with Crippen molar-refractivity contribution in [1.29, 1.82) is 0 Å². The second-order valence-electron chi connectivity index (χ2n) is 2.87. The third-order valence-corrected chi connectivity index (χ3v) is 2.10. The molecule has 0 bridgehead atoms. The van der Waals surface area contributed by atoms with Gasteiger partial charge in [-0.25, -0.2) is 0 Å². The highest BCUT2D eigenvalue weighted by atomic mass is 16.1. The molecule has 0 saturated carbocycles. The molecule has 0 fully saturated rings. The summed E-state index contributed by atoms with van der Waals surface area (Å²) in [6.45, 7) is 0.781. The number of hydrogen-bond donors (Lipinski definition) is 2. The van der Waals surface area contributed by atoms with Crippen molar-refractivity contribution in [3.63, 3.8) is 0 Å². The van der Waals surface area contributed by atoms with Gasteiger partial charge in [0.15, 0.2) is 0 Å². The predicted octanol–water partition coefficient (Wildman–Crippen LogP) is 0.215. The third kappa shape index (κ3) is 0.942. The minimum absolute atomic E-state index is 0.345. The molecule has 3 heteroatoms. The molecule has 3 N–H and O–H groups in total. The summed E-state index contributed by atoms with van der Waals surface area (Å²) in [6, 6.07) is 0. The molecular formula is C9H10N2O. The van der Waals surface area contributed by atoms with Gasteiger partial charge in [-0.15, -0.1) is 0 Å². The van der Waals surface area contributed by atoms with E-state index in [4.69, 9.17) is 5.73 Å². The first-order valence-electron chi connectivity index (χ1n) is 3.93. The van der Waals surface area contributed by atoms with E-state index in [0.717, 1.165) is 24.2 Å². The summed E-state index contributed by atoms with van der Waals surface area (Å²) >= 11 is 0. The van der Waals surface area contributed by atoms with Gasteiger partial charge in [-0.1, -0.05) is 18.2 Å². The molecule has 0 aromatic rings. The summed E-state index contributed by atoms with van der Waals surface area (Å²) in [6.07, 6.45) is 6.77. The smallest absolute Gasteiger partial charge is 0.250 e. The zero-order chi connectivity index (χ0) is 8.55. The van der Waals surface area contributed by atoms with E-state index in [-0.39, 0.29) is 5.91 Å². The number of primary amides is 1. The standard InChI is InChI=1S/C9H10N2O/c10-9(12)7-4-3-6-2-1-5-11-8(6)7/h1-2,4,11H,3,5H2,(H2,10,12). The molecular weight excluding hydrogens is 152 g/mol. The zero-order valence-corrected chi connectivity index (χ0v) is 6.63. The highest BCUT2D eigenvalue weighted by molar-refractivity contribution is 5.97. The fraction of sp³-hybridized carbons (Fsp3) is 0.222. The van der Waals surface area contributed by atoms with Crippen LogP contribution in [0.25, 0.3) is 0 Å². The van der Waals surface area contributed by atoms with Gasteiger partial charge >= 0.3 is 0 Å². The van der Waals surface area contributed by atoms with Crippen LogP contribution in [0.15, 0.2) is 35.1 Å². The molecule has 2 rings (SSSR count). The fourth-order valence-corrected chi connectivity index (χ4v) is 1.54. The zero-order valence-electron chi connectivity index (χ0n) is 6.63. The number of allylic oxidation sites excluding steroid dienone is 3. The Morgan fingerprint density at radius 2 is 2.42 bits per heavy atom. The second kappa shape index (κ2) is 2.52. The molecule has 1 aliphatic carbocycles. The number of dihydropyridines is 1. The first-order chi connectivity index (χ1) is 5.79. The van der Waals surface area contributed by atoms with Crippen LogP contribution in [-0.2, 0) is 4.79 Å². The maximum absolute atomic E-state index is 10.9. The molecule has 0 saturated heterocycles. The topological polar surface area (TPSA) is 55.1 Å². The Bertz CT molecular complexity index is 323. The molecule has 1 aliphatic heterocycles. The van der Waals surface area contributed by atoms with Crippen LogP contribution >= 0.6 is 0 Å².